The summed E-state index contributed by atoms with van der Waals surface area (Å²) in [5.74, 6) is -0.512. The van der Waals surface area contributed by atoms with E-state index in [2.05, 4.69) is 24.3 Å². The van der Waals surface area contributed by atoms with E-state index in [1.165, 1.54) is 0 Å². The molecule has 0 heterocycles. The fraction of sp³-hybridized carbons (Fsp3) is 0.160. The van der Waals surface area contributed by atoms with E-state index >= 15 is 0 Å². The molecule has 0 N–H and O–H groups in total. The minimum Gasteiger partial charge on any atom is -0.292 e. The Hall–Kier alpha value is -3.17. The number of hydrogen-bond donors (Lipinski definition) is 0. The summed E-state index contributed by atoms with van der Waals surface area (Å²) in [5.41, 5.74) is 3.83. The number of rotatable bonds is 5. The molecular formula is C25H24O3. The van der Waals surface area contributed by atoms with Gasteiger partial charge in [0.25, 0.3) is 0 Å². The van der Waals surface area contributed by atoms with Crippen LogP contribution in [0, 0.1) is 0 Å². The first-order valence-electron chi connectivity index (χ1n) is 9.26. The zero-order valence-corrected chi connectivity index (χ0v) is 16.4. The van der Waals surface area contributed by atoms with Crippen LogP contribution in [0.3, 0.4) is 0 Å². The number of benzene rings is 3. The van der Waals surface area contributed by atoms with Gasteiger partial charge in [-0.3, -0.25) is 4.89 Å². The van der Waals surface area contributed by atoms with E-state index in [1.807, 2.05) is 81.4 Å². The molecule has 0 aliphatic rings. The molecule has 0 spiro atoms. The minimum absolute atomic E-state index is 0.455. The maximum Gasteiger partial charge on any atom is 0.373 e. The van der Waals surface area contributed by atoms with E-state index < -0.39 is 11.6 Å². The van der Waals surface area contributed by atoms with Gasteiger partial charge >= 0.3 is 5.97 Å². The highest BCUT2D eigenvalue weighted by Gasteiger charge is 2.18. The van der Waals surface area contributed by atoms with Crippen LogP contribution in [0.5, 0.6) is 0 Å². The zero-order chi connectivity index (χ0) is 20.0. The average molecular weight is 372 g/mol. The summed E-state index contributed by atoms with van der Waals surface area (Å²) >= 11 is 0. The molecule has 3 aromatic carbocycles. The lowest BCUT2D eigenvalue weighted by molar-refractivity contribution is -0.301. The minimum atomic E-state index is -0.570. The summed E-state index contributed by atoms with van der Waals surface area (Å²) in [6.07, 6.45) is 2.01. The Morgan fingerprint density at radius 3 is 1.79 bits per heavy atom. The van der Waals surface area contributed by atoms with Gasteiger partial charge in [-0.25, -0.2) is 4.79 Å². The maximum absolute atomic E-state index is 12.6. The molecule has 0 unspecified atom stereocenters. The third kappa shape index (κ3) is 5.18. The van der Waals surface area contributed by atoms with Crippen LogP contribution in [0.25, 0.3) is 11.6 Å². The summed E-state index contributed by atoms with van der Waals surface area (Å²) < 4.78 is 0. The van der Waals surface area contributed by atoms with Crippen molar-refractivity contribution >= 4 is 17.6 Å². The molecule has 142 valence electrons. The number of hydrogen-bond acceptors (Lipinski definition) is 3. The number of carbonyl (C=O) groups excluding carboxylic acids is 1. The molecule has 0 radical (unpaired) electrons. The van der Waals surface area contributed by atoms with Crippen molar-refractivity contribution in [2.75, 3.05) is 0 Å². The Kier molecular flexibility index (Phi) is 6.07. The second-order valence-corrected chi connectivity index (χ2v) is 7.44. The Bertz CT molecular complexity index is 910. The van der Waals surface area contributed by atoms with Gasteiger partial charge in [0, 0.05) is 0 Å². The summed E-state index contributed by atoms with van der Waals surface area (Å²) in [6, 6.07) is 27.6. The van der Waals surface area contributed by atoms with E-state index in [0.29, 0.717) is 5.56 Å². The van der Waals surface area contributed by atoms with Gasteiger partial charge in [0.15, 0.2) is 0 Å². The van der Waals surface area contributed by atoms with Crippen LogP contribution in [0.2, 0.25) is 0 Å². The molecule has 0 aliphatic carbocycles. The lowest BCUT2D eigenvalue weighted by atomic mass is 9.94. The molecule has 0 atom stereocenters. The predicted molar refractivity (Wildman–Crippen MR) is 113 cm³/mol. The summed E-state index contributed by atoms with van der Waals surface area (Å²) in [5, 5.41) is 0. The lowest BCUT2D eigenvalue weighted by Crippen LogP contribution is -2.22. The molecule has 0 aliphatic heterocycles. The van der Waals surface area contributed by atoms with Crippen molar-refractivity contribution in [2.45, 2.75) is 26.4 Å². The first-order valence-corrected chi connectivity index (χ1v) is 9.26. The largest absolute Gasteiger partial charge is 0.373 e. The van der Waals surface area contributed by atoms with Crippen molar-refractivity contribution in [3.63, 3.8) is 0 Å². The van der Waals surface area contributed by atoms with E-state index in [9.17, 15) is 4.79 Å². The maximum atomic E-state index is 12.6. The van der Waals surface area contributed by atoms with Crippen LogP contribution in [-0.4, -0.2) is 11.6 Å². The zero-order valence-electron chi connectivity index (χ0n) is 16.4. The molecule has 3 aromatic rings. The van der Waals surface area contributed by atoms with Gasteiger partial charge in [0.1, 0.15) is 5.60 Å². The fourth-order valence-electron chi connectivity index (χ4n) is 2.74. The van der Waals surface area contributed by atoms with E-state index in [0.717, 1.165) is 22.3 Å². The Labute approximate surface area is 166 Å². The summed E-state index contributed by atoms with van der Waals surface area (Å²) in [4.78, 5) is 22.9. The van der Waals surface area contributed by atoms with Crippen LogP contribution in [0.4, 0.5) is 0 Å². The SMILES string of the molecule is CC(C)(C)OOC(=O)c1ccccc1C=C(c1ccccc1)c1ccccc1. The molecule has 3 rings (SSSR count). The Morgan fingerprint density at radius 1 is 0.750 bits per heavy atom. The average Bonchev–Trinajstić information content (AvgIpc) is 2.71. The van der Waals surface area contributed by atoms with Crippen molar-refractivity contribution in [3.8, 4) is 0 Å². The van der Waals surface area contributed by atoms with Gasteiger partial charge in [-0.2, -0.15) is 4.89 Å². The first kappa shape index (κ1) is 19.6. The molecule has 0 fully saturated rings. The van der Waals surface area contributed by atoms with Gasteiger partial charge < -0.3 is 0 Å². The molecule has 0 saturated heterocycles. The van der Waals surface area contributed by atoms with Crippen LogP contribution < -0.4 is 0 Å². The third-order valence-corrected chi connectivity index (χ3v) is 4.02. The molecule has 0 saturated carbocycles. The third-order valence-electron chi connectivity index (χ3n) is 4.02. The Morgan fingerprint density at radius 2 is 1.25 bits per heavy atom. The molecule has 0 bridgehead atoms. The quantitative estimate of drug-likeness (QED) is 0.305. The van der Waals surface area contributed by atoms with E-state index in [4.69, 9.17) is 9.78 Å². The van der Waals surface area contributed by atoms with Gasteiger partial charge in [-0.15, -0.1) is 0 Å². The van der Waals surface area contributed by atoms with E-state index in [1.54, 1.807) is 6.07 Å². The number of carbonyl (C=O) groups is 1. The predicted octanol–water partition coefficient (Wildman–Crippen LogP) is 6.16. The highest BCUT2D eigenvalue weighted by molar-refractivity contribution is 5.98. The smallest absolute Gasteiger partial charge is 0.292 e. The van der Waals surface area contributed by atoms with Gasteiger partial charge in [0.05, 0.1) is 5.56 Å². The first-order chi connectivity index (χ1) is 13.4. The molecule has 3 nitrogen and oxygen atoms in total. The molecule has 28 heavy (non-hydrogen) atoms. The van der Waals surface area contributed by atoms with Crippen molar-refractivity contribution in [3.05, 3.63) is 107 Å². The normalized spacial score (nSPS) is 11.0. The molecule has 0 aromatic heterocycles. The second-order valence-electron chi connectivity index (χ2n) is 7.44. The molecule has 3 heteroatoms. The van der Waals surface area contributed by atoms with Crippen molar-refractivity contribution in [1.29, 1.82) is 0 Å². The van der Waals surface area contributed by atoms with Crippen molar-refractivity contribution in [1.82, 2.24) is 0 Å². The van der Waals surface area contributed by atoms with Gasteiger partial charge in [0.2, 0.25) is 0 Å². The van der Waals surface area contributed by atoms with Gasteiger partial charge in [-0.05, 0) is 55.2 Å². The van der Waals surface area contributed by atoms with Crippen LogP contribution in [0.15, 0.2) is 84.9 Å². The second kappa shape index (κ2) is 8.68. The topological polar surface area (TPSA) is 35.5 Å². The van der Waals surface area contributed by atoms with Crippen molar-refractivity contribution < 1.29 is 14.6 Å². The standard InChI is InChI=1S/C25H24O3/c1-25(2,3)28-27-24(26)22-17-11-10-16-21(22)18-23(19-12-6-4-7-13-19)20-14-8-5-9-15-20/h4-18H,1-3H3. The monoisotopic (exact) mass is 372 g/mol. The van der Waals surface area contributed by atoms with Crippen LogP contribution >= 0.6 is 0 Å². The molecular weight excluding hydrogens is 348 g/mol. The molecule has 0 amide bonds. The van der Waals surface area contributed by atoms with Crippen LogP contribution in [-0.2, 0) is 9.78 Å². The van der Waals surface area contributed by atoms with Gasteiger partial charge in [-0.1, -0.05) is 78.9 Å². The lowest BCUT2D eigenvalue weighted by Gasteiger charge is -2.17. The van der Waals surface area contributed by atoms with Crippen LogP contribution in [0.1, 0.15) is 47.8 Å². The summed E-state index contributed by atoms with van der Waals surface area (Å²) in [7, 11) is 0. The highest BCUT2D eigenvalue weighted by atomic mass is 17.2. The Balaban J connectivity index is 2.03. The summed E-state index contributed by atoms with van der Waals surface area (Å²) in [6.45, 7) is 5.49. The highest BCUT2D eigenvalue weighted by Crippen LogP contribution is 2.27. The van der Waals surface area contributed by atoms with Crippen molar-refractivity contribution in [2.24, 2.45) is 0 Å². The van der Waals surface area contributed by atoms with E-state index in [-0.39, 0.29) is 0 Å². The fourth-order valence-corrected chi connectivity index (χ4v) is 2.74.